The second-order valence-corrected chi connectivity index (χ2v) is 7.95. The predicted molar refractivity (Wildman–Crippen MR) is 116 cm³/mol. The standard InChI is InChI=1S/C20H15Cl2N3O4S/c21-12-2-3-13(14(22)8-12)19(27)23-9-18(26)25-20-24-15(10-30-20)11-1-4-16-17(7-11)29-6-5-28-16/h1-4,7-8,10H,5-6,9H2,(H,23,27)(H,24,25,26). The molecular weight excluding hydrogens is 449 g/mol. The number of aromatic nitrogens is 1. The number of fused-ring (bicyclic) bond motifs is 1. The second kappa shape index (κ2) is 8.91. The fraction of sp³-hybridized carbons (Fsp3) is 0.150. The van der Waals surface area contributed by atoms with Gasteiger partial charge in [0, 0.05) is 16.0 Å². The molecule has 4 rings (SSSR count). The van der Waals surface area contributed by atoms with E-state index in [1.807, 2.05) is 23.6 Å². The number of ether oxygens (including phenoxy) is 2. The summed E-state index contributed by atoms with van der Waals surface area (Å²) in [5.74, 6) is 0.491. The van der Waals surface area contributed by atoms with Gasteiger partial charge in [-0.2, -0.15) is 0 Å². The molecule has 0 saturated carbocycles. The first-order valence-corrected chi connectivity index (χ1v) is 10.5. The third-order valence-corrected chi connectivity index (χ3v) is 5.48. The molecule has 1 aromatic heterocycles. The van der Waals surface area contributed by atoms with E-state index < -0.39 is 11.8 Å². The van der Waals surface area contributed by atoms with Crippen LogP contribution >= 0.6 is 34.5 Å². The predicted octanol–water partition coefficient (Wildman–Crippen LogP) is 4.26. The average Bonchev–Trinajstić information content (AvgIpc) is 3.20. The molecule has 7 nitrogen and oxygen atoms in total. The number of nitrogens with one attached hydrogen (secondary N) is 2. The summed E-state index contributed by atoms with van der Waals surface area (Å²) in [4.78, 5) is 28.8. The van der Waals surface area contributed by atoms with E-state index in [9.17, 15) is 9.59 Å². The molecule has 0 aliphatic carbocycles. The Kier molecular flexibility index (Phi) is 6.08. The maximum atomic E-state index is 12.2. The molecule has 0 radical (unpaired) electrons. The van der Waals surface area contributed by atoms with E-state index in [1.54, 1.807) is 6.07 Å². The van der Waals surface area contributed by atoms with Crippen LogP contribution in [-0.2, 0) is 4.79 Å². The van der Waals surface area contributed by atoms with E-state index in [2.05, 4.69) is 15.6 Å². The van der Waals surface area contributed by atoms with Gasteiger partial charge in [0.25, 0.3) is 5.91 Å². The zero-order valence-electron chi connectivity index (χ0n) is 15.4. The number of halogens is 2. The van der Waals surface area contributed by atoms with Gasteiger partial charge in [0.15, 0.2) is 16.6 Å². The van der Waals surface area contributed by atoms with Crippen LogP contribution in [0.1, 0.15) is 10.4 Å². The summed E-state index contributed by atoms with van der Waals surface area (Å²) in [5.41, 5.74) is 1.79. The van der Waals surface area contributed by atoms with Crippen LogP contribution in [0.15, 0.2) is 41.8 Å². The second-order valence-electron chi connectivity index (χ2n) is 6.25. The van der Waals surface area contributed by atoms with Gasteiger partial charge >= 0.3 is 0 Å². The lowest BCUT2D eigenvalue weighted by atomic mass is 10.1. The number of nitrogens with zero attached hydrogens (tertiary/aromatic N) is 1. The van der Waals surface area contributed by atoms with Crippen LogP contribution in [0.5, 0.6) is 11.5 Å². The summed E-state index contributed by atoms with van der Waals surface area (Å²) in [6.07, 6.45) is 0. The highest BCUT2D eigenvalue weighted by Gasteiger charge is 2.15. The molecule has 1 aliphatic heterocycles. The Hall–Kier alpha value is -2.81. The van der Waals surface area contributed by atoms with Gasteiger partial charge in [-0.3, -0.25) is 9.59 Å². The maximum absolute atomic E-state index is 12.2. The highest BCUT2D eigenvalue weighted by atomic mass is 35.5. The van der Waals surface area contributed by atoms with E-state index in [0.717, 1.165) is 5.56 Å². The van der Waals surface area contributed by atoms with Gasteiger partial charge in [-0.05, 0) is 36.4 Å². The third-order valence-electron chi connectivity index (χ3n) is 4.17. The summed E-state index contributed by atoms with van der Waals surface area (Å²) >= 11 is 13.1. The molecule has 2 aromatic carbocycles. The van der Waals surface area contributed by atoms with Gasteiger partial charge in [0.1, 0.15) is 13.2 Å². The Labute approximate surface area is 185 Å². The quantitative estimate of drug-likeness (QED) is 0.589. The fourth-order valence-electron chi connectivity index (χ4n) is 2.76. The zero-order chi connectivity index (χ0) is 21.1. The molecule has 2 amide bonds. The molecule has 10 heteroatoms. The summed E-state index contributed by atoms with van der Waals surface area (Å²) < 4.78 is 11.1. The number of carbonyl (C=O) groups is 2. The number of rotatable bonds is 5. The van der Waals surface area contributed by atoms with E-state index in [0.29, 0.717) is 40.6 Å². The Morgan fingerprint density at radius 2 is 1.87 bits per heavy atom. The first-order chi connectivity index (χ1) is 14.5. The number of anilines is 1. The summed E-state index contributed by atoms with van der Waals surface area (Å²) in [6, 6.07) is 10.1. The van der Waals surface area contributed by atoms with Gasteiger partial charge < -0.3 is 20.1 Å². The fourth-order valence-corrected chi connectivity index (χ4v) is 3.99. The van der Waals surface area contributed by atoms with Crippen molar-refractivity contribution in [2.75, 3.05) is 25.1 Å². The first-order valence-electron chi connectivity index (χ1n) is 8.88. The molecule has 0 unspecified atom stereocenters. The smallest absolute Gasteiger partial charge is 0.253 e. The molecular formula is C20H15Cl2N3O4S. The van der Waals surface area contributed by atoms with Gasteiger partial charge in [0.05, 0.1) is 22.8 Å². The number of thiazole rings is 1. The Bertz CT molecular complexity index is 1120. The SMILES string of the molecule is O=C(CNC(=O)c1ccc(Cl)cc1Cl)Nc1nc(-c2ccc3c(c2)OCCO3)cs1. The summed E-state index contributed by atoms with van der Waals surface area (Å²) in [6.45, 7) is 0.804. The number of hydrogen-bond donors (Lipinski definition) is 2. The Balaban J connectivity index is 1.35. The third kappa shape index (κ3) is 4.67. The lowest BCUT2D eigenvalue weighted by Crippen LogP contribution is -2.33. The van der Waals surface area contributed by atoms with Gasteiger partial charge in [-0.15, -0.1) is 11.3 Å². The van der Waals surface area contributed by atoms with Crippen molar-refractivity contribution in [1.29, 1.82) is 0 Å². The van der Waals surface area contributed by atoms with Crippen LogP contribution < -0.4 is 20.1 Å². The van der Waals surface area contributed by atoms with Crippen molar-refractivity contribution in [2.45, 2.75) is 0 Å². The van der Waals surface area contributed by atoms with Crippen molar-refractivity contribution < 1.29 is 19.1 Å². The number of benzene rings is 2. The van der Waals surface area contributed by atoms with E-state index in [1.165, 1.54) is 23.5 Å². The molecule has 0 atom stereocenters. The lowest BCUT2D eigenvalue weighted by Gasteiger charge is -2.18. The van der Waals surface area contributed by atoms with Crippen molar-refractivity contribution in [3.8, 4) is 22.8 Å². The highest BCUT2D eigenvalue weighted by Crippen LogP contribution is 2.35. The molecule has 154 valence electrons. The van der Waals surface area contributed by atoms with Crippen LogP contribution in [0.2, 0.25) is 10.0 Å². The van der Waals surface area contributed by atoms with Crippen molar-refractivity contribution in [3.05, 3.63) is 57.4 Å². The molecule has 2 N–H and O–H groups in total. The average molecular weight is 464 g/mol. The van der Waals surface area contributed by atoms with Gasteiger partial charge in [0.2, 0.25) is 5.91 Å². The van der Waals surface area contributed by atoms with Crippen LogP contribution in [0.4, 0.5) is 5.13 Å². The summed E-state index contributed by atoms with van der Waals surface area (Å²) in [7, 11) is 0. The van der Waals surface area contributed by atoms with Crippen LogP contribution in [-0.4, -0.2) is 36.6 Å². The minimum Gasteiger partial charge on any atom is -0.486 e. The van der Waals surface area contributed by atoms with Crippen molar-refractivity contribution in [1.82, 2.24) is 10.3 Å². The highest BCUT2D eigenvalue weighted by molar-refractivity contribution is 7.14. The molecule has 2 heterocycles. The molecule has 3 aromatic rings. The summed E-state index contributed by atoms with van der Waals surface area (Å²) in [5, 5.41) is 8.07. The van der Waals surface area contributed by atoms with Gasteiger partial charge in [-0.1, -0.05) is 23.2 Å². The van der Waals surface area contributed by atoms with Crippen molar-refractivity contribution >= 4 is 51.5 Å². The van der Waals surface area contributed by atoms with E-state index >= 15 is 0 Å². The Morgan fingerprint density at radius 3 is 2.67 bits per heavy atom. The first kappa shape index (κ1) is 20.5. The minimum absolute atomic E-state index is 0.212. The molecule has 1 aliphatic rings. The normalized spacial score (nSPS) is 12.3. The number of carbonyl (C=O) groups excluding carboxylic acids is 2. The lowest BCUT2D eigenvalue weighted by molar-refractivity contribution is -0.115. The van der Waals surface area contributed by atoms with Crippen LogP contribution in [0.3, 0.4) is 0 Å². The van der Waals surface area contributed by atoms with Crippen LogP contribution in [0, 0.1) is 0 Å². The number of hydrogen-bond acceptors (Lipinski definition) is 6. The van der Waals surface area contributed by atoms with Crippen LogP contribution in [0.25, 0.3) is 11.3 Å². The minimum atomic E-state index is -0.470. The van der Waals surface area contributed by atoms with Gasteiger partial charge in [-0.25, -0.2) is 4.98 Å². The maximum Gasteiger partial charge on any atom is 0.253 e. The largest absolute Gasteiger partial charge is 0.486 e. The monoisotopic (exact) mass is 463 g/mol. The van der Waals surface area contributed by atoms with Crippen molar-refractivity contribution in [3.63, 3.8) is 0 Å². The number of amides is 2. The molecule has 0 bridgehead atoms. The Morgan fingerprint density at radius 1 is 1.07 bits per heavy atom. The molecule has 0 fully saturated rings. The zero-order valence-corrected chi connectivity index (χ0v) is 17.7. The molecule has 30 heavy (non-hydrogen) atoms. The molecule has 0 spiro atoms. The van der Waals surface area contributed by atoms with E-state index in [4.69, 9.17) is 32.7 Å². The topological polar surface area (TPSA) is 89.6 Å². The van der Waals surface area contributed by atoms with Crippen molar-refractivity contribution in [2.24, 2.45) is 0 Å². The van der Waals surface area contributed by atoms with E-state index in [-0.39, 0.29) is 17.1 Å². The molecule has 0 saturated heterocycles.